The van der Waals surface area contributed by atoms with Gasteiger partial charge in [0, 0.05) is 12.2 Å². The van der Waals surface area contributed by atoms with Crippen molar-refractivity contribution < 1.29 is 22.6 Å². The average Bonchev–Trinajstić information content (AvgIpc) is 3.28. The summed E-state index contributed by atoms with van der Waals surface area (Å²) in [5.41, 5.74) is -1.57. The van der Waals surface area contributed by atoms with Crippen LogP contribution in [0.5, 0.6) is 5.75 Å². The molecule has 1 aliphatic rings. The topological polar surface area (TPSA) is 43.2 Å². The van der Waals surface area contributed by atoms with Crippen LogP contribution in [0.15, 0.2) is 28.4 Å². The predicted octanol–water partition coefficient (Wildman–Crippen LogP) is 6.78. The molecule has 7 heteroatoms. The number of rotatable bonds is 8. The van der Waals surface area contributed by atoms with Gasteiger partial charge in [0.2, 0.25) is 0 Å². The van der Waals surface area contributed by atoms with E-state index in [1.165, 1.54) is 12.1 Å². The van der Waals surface area contributed by atoms with E-state index >= 15 is 0 Å². The maximum absolute atomic E-state index is 13.0. The van der Waals surface area contributed by atoms with E-state index in [2.05, 4.69) is 10.2 Å². The number of halogens is 3. The van der Waals surface area contributed by atoms with E-state index in [1.807, 2.05) is 13.8 Å². The van der Waals surface area contributed by atoms with E-state index in [4.69, 9.17) is 9.47 Å². The van der Waals surface area contributed by atoms with Crippen LogP contribution < -0.4 is 4.74 Å². The van der Waals surface area contributed by atoms with E-state index in [1.54, 1.807) is 6.07 Å². The van der Waals surface area contributed by atoms with E-state index < -0.39 is 11.8 Å². The molecule has 0 saturated heterocycles. The Balaban J connectivity index is -0.00000132. The Bertz CT molecular complexity index is 540. The number of nitrogens with zero attached hydrogens (tertiary/aromatic N) is 2. The van der Waals surface area contributed by atoms with Gasteiger partial charge in [0.15, 0.2) is 0 Å². The van der Waals surface area contributed by atoms with Gasteiger partial charge in [0.1, 0.15) is 12.4 Å². The quantitative estimate of drug-likeness (QED) is 0.467. The van der Waals surface area contributed by atoms with Gasteiger partial charge in [-0.05, 0) is 24.5 Å². The van der Waals surface area contributed by atoms with Crippen LogP contribution in [0.2, 0.25) is 0 Å². The van der Waals surface area contributed by atoms with Crippen molar-refractivity contribution in [3.8, 4) is 5.75 Å². The van der Waals surface area contributed by atoms with Crippen molar-refractivity contribution in [3.63, 3.8) is 0 Å². The van der Waals surface area contributed by atoms with Gasteiger partial charge in [-0.25, -0.2) is 0 Å². The second-order valence-electron chi connectivity index (χ2n) is 5.01. The molecule has 0 fully saturated rings. The van der Waals surface area contributed by atoms with Crippen molar-refractivity contribution >= 4 is 0 Å². The summed E-state index contributed by atoms with van der Waals surface area (Å²) in [6.45, 7) is 5.25. The van der Waals surface area contributed by atoms with Crippen molar-refractivity contribution in [2.75, 3.05) is 19.8 Å². The highest BCUT2D eigenvalue weighted by Crippen LogP contribution is 2.52. The van der Waals surface area contributed by atoms with Gasteiger partial charge in [-0.15, -0.1) is 10.2 Å². The van der Waals surface area contributed by atoms with Crippen molar-refractivity contribution in [2.24, 2.45) is 10.2 Å². The van der Waals surface area contributed by atoms with Gasteiger partial charge < -0.3 is 9.47 Å². The van der Waals surface area contributed by atoms with Gasteiger partial charge in [0.05, 0.1) is 6.61 Å². The molecule has 0 radical (unpaired) electrons. The number of benzene rings is 1. The Morgan fingerprint density at radius 1 is 0.962 bits per heavy atom. The van der Waals surface area contributed by atoms with Crippen LogP contribution in [-0.4, -0.2) is 26.0 Å². The summed E-state index contributed by atoms with van der Waals surface area (Å²) in [5.74, 6) is 0.432. The van der Waals surface area contributed by atoms with Crippen LogP contribution in [0, 0.1) is 0 Å². The van der Waals surface area contributed by atoms with Crippen molar-refractivity contribution in [1.29, 1.82) is 0 Å². The summed E-state index contributed by atoms with van der Waals surface area (Å²) in [5, 5.41) is 6.43. The third-order valence-corrected chi connectivity index (χ3v) is 3.38. The van der Waals surface area contributed by atoms with Gasteiger partial charge in [-0.2, -0.15) is 13.2 Å². The molecule has 154 valence electrons. The van der Waals surface area contributed by atoms with Crippen LogP contribution in [0.3, 0.4) is 0 Å². The Kier molecular flexibility index (Phi) is 13.3. The Morgan fingerprint density at radius 2 is 1.58 bits per heavy atom. The summed E-state index contributed by atoms with van der Waals surface area (Å²) >= 11 is 0. The maximum atomic E-state index is 13.0. The molecule has 26 heavy (non-hydrogen) atoms. The minimum absolute atomic E-state index is 0. The predicted molar refractivity (Wildman–Crippen MR) is 102 cm³/mol. The van der Waals surface area contributed by atoms with Crippen molar-refractivity contribution in [1.82, 2.24) is 0 Å². The fourth-order valence-electron chi connectivity index (χ4n) is 2.10. The molecule has 0 aromatic heterocycles. The largest absolute Gasteiger partial charge is 0.491 e. The van der Waals surface area contributed by atoms with Crippen LogP contribution >= 0.6 is 0 Å². The minimum atomic E-state index is -4.53. The molecule has 0 amide bonds. The summed E-state index contributed by atoms with van der Waals surface area (Å²) in [4.78, 5) is 0. The van der Waals surface area contributed by atoms with E-state index in [9.17, 15) is 13.2 Å². The third kappa shape index (κ3) is 6.27. The SMILES string of the molecule is C.C.C.C.CCCOCCOc1cc(C2(C(F)(F)F)N=N2)ccc1CC. The fourth-order valence-corrected chi connectivity index (χ4v) is 2.10. The highest BCUT2D eigenvalue weighted by atomic mass is 19.4. The zero-order valence-electron chi connectivity index (χ0n) is 12.6. The number of hydrogen-bond donors (Lipinski definition) is 0. The van der Waals surface area contributed by atoms with E-state index in [0.717, 1.165) is 12.0 Å². The third-order valence-electron chi connectivity index (χ3n) is 3.38. The van der Waals surface area contributed by atoms with Crippen LogP contribution in [0.1, 0.15) is 61.1 Å². The molecular formula is C19H35F3N2O2. The van der Waals surface area contributed by atoms with Gasteiger partial charge in [-0.3, -0.25) is 0 Å². The normalized spacial score (nSPS) is 13.4. The first-order valence-electron chi connectivity index (χ1n) is 7.29. The molecule has 0 bridgehead atoms. The van der Waals surface area contributed by atoms with Crippen LogP contribution in [0.25, 0.3) is 0 Å². The van der Waals surface area contributed by atoms with Crippen molar-refractivity contribution in [2.45, 2.75) is 68.2 Å². The lowest BCUT2D eigenvalue weighted by Crippen LogP contribution is -2.30. The van der Waals surface area contributed by atoms with E-state index in [0.29, 0.717) is 32.0 Å². The van der Waals surface area contributed by atoms with E-state index in [-0.39, 0.29) is 35.3 Å². The first kappa shape index (κ1) is 29.1. The molecule has 1 heterocycles. The zero-order chi connectivity index (χ0) is 16.2. The van der Waals surface area contributed by atoms with Crippen molar-refractivity contribution in [3.05, 3.63) is 29.3 Å². The van der Waals surface area contributed by atoms with Crippen LogP contribution in [-0.2, 0) is 16.8 Å². The highest BCUT2D eigenvalue weighted by molar-refractivity contribution is 5.42. The molecule has 0 spiro atoms. The second kappa shape index (κ2) is 11.9. The molecule has 1 aliphatic heterocycles. The molecule has 2 rings (SSSR count). The fraction of sp³-hybridized carbons (Fsp3) is 0.684. The second-order valence-corrected chi connectivity index (χ2v) is 5.01. The molecule has 0 aliphatic carbocycles. The number of hydrogen-bond acceptors (Lipinski definition) is 4. The molecular weight excluding hydrogens is 345 g/mol. The summed E-state index contributed by atoms with van der Waals surface area (Å²) in [6, 6.07) is 4.42. The molecule has 0 atom stereocenters. The Morgan fingerprint density at radius 3 is 2.04 bits per heavy atom. The van der Waals surface area contributed by atoms with Gasteiger partial charge in [0.25, 0.3) is 0 Å². The lowest BCUT2D eigenvalue weighted by Gasteiger charge is -2.17. The zero-order valence-corrected chi connectivity index (χ0v) is 12.6. The number of alkyl halides is 3. The molecule has 1 aromatic rings. The first-order chi connectivity index (χ1) is 10.4. The lowest BCUT2D eigenvalue weighted by molar-refractivity contribution is -0.166. The monoisotopic (exact) mass is 380 g/mol. The summed E-state index contributed by atoms with van der Waals surface area (Å²) < 4.78 is 50.0. The smallest absolute Gasteiger partial charge is 0.442 e. The Hall–Kier alpha value is -1.63. The van der Waals surface area contributed by atoms with Crippen LogP contribution in [0.4, 0.5) is 13.2 Å². The summed E-state index contributed by atoms with van der Waals surface area (Å²) in [7, 11) is 0. The van der Waals surface area contributed by atoms with Gasteiger partial charge >= 0.3 is 11.8 Å². The molecule has 0 N–H and O–H groups in total. The number of aryl methyl sites for hydroxylation is 1. The first-order valence-corrected chi connectivity index (χ1v) is 7.29. The van der Waals surface area contributed by atoms with Gasteiger partial charge in [-0.1, -0.05) is 55.7 Å². The molecule has 1 aromatic carbocycles. The standard InChI is InChI=1S/C15H19F3N2O2.4CH4/c1-3-7-21-8-9-22-13-10-12(6-5-11(13)4-2)14(19-20-14)15(16,17)18;;;;/h5-6,10H,3-4,7-9H2,1-2H3;4*1H4. The molecule has 0 saturated carbocycles. The lowest BCUT2D eigenvalue weighted by atomic mass is 9.99. The number of ether oxygens (including phenoxy) is 2. The minimum Gasteiger partial charge on any atom is -0.491 e. The Labute approximate surface area is 156 Å². The highest BCUT2D eigenvalue weighted by Gasteiger charge is 2.65. The summed E-state index contributed by atoms with van der Waals surface area (Å²) in [6.07, 6.45) is -2.95. The maximum Gasteiger partial charge on any atom is 0.442 e. The molecule has 0 unspecified atom stereocenters. The molecule has 4 nitrogen and oxygen atoms in total. The average molecular weight is 380 g/mol.